The standard InChI is InChI=1S/C12H11NO4/c1-2-16-12(15)11-9(13)10(14)7-5-3-4-6-8(7)17-11/h3-6H,2,13H2,1H3. The van der Waals surface area contributed by atoms with Gasteiger partial charge in [0.1, 0.15) is 11.3 Å². The first-order valence-electron chi connectivity index (χ1n) is 5.13. The lowest BCUT2D eigenvalue weighted by molar-refractivity contribution is 0.0492. The molecule has 0 saturated carbocycles. The van der Waals surface area contributed by atoms with Crippen LogP contribution in [0.1, 0.15) is 17.5 Å². The highest BCUT2D eigenvalue weighted by molar-refractivity contribution is 5.95. The number of esters is 1. The lowest BCUT2D eigenvalue weighted by Gasteiger charge is -2.05. The van der Waals surface area contributed by atoms with E-state index < -0.39 is 11.4 Å². The highest BCUT2D eigenvalue weighted by atomic mass is 16.5. The van der Waals surface area contributed by atoms with E-state index in [1.54, 1.807) is 31.2 Å². The number of ether oxygens (including phenoxy) is 1. The quantitative estimate of drug-likeness (QED) is 0.796. The summed E-state index contributed by atoms with van der Waals surface area (Å²) in [6.07, 6.45) is 0. The molecule has 0 spiro atoms. The fourth-order valence-corrected chi connectivity index (χ4v) is 1.50. The maximum Gasteiger partial charge on any atom is 0.376 e. The first kappa shape index (κ1) is 11.2. The SMILES string of the molecule is CCOC(=O)c1oc2ccccc2c(=O)c1N. The minimum atomic E-state index is -0.729. The Morgan fingerprint density at radius 2 is 2.12 bits per heavy atom. The third-order valence-electron chi connectivity index (χ3n) is 2.29. The molecule has 2 aromatic rings. The molecule has 1 heterocycles. The van der Waals surface area contributed by atoms with Crippen LogP contribution in [-0.4, -0.2) is 12.6 Å². The number of rotatable bonds is 2. The third-order valence-corrected chi connectivity index (χ3v) is 2.29. The van der Waals surface area contributed by atoms with E-state index in [0.29, 0.717) is 11.0 Å². The topological polar surface area (TPSA) is 82.5 Å². The van der Waals surface area contributed by atoms with Crippen LogP contribution >= 0.6 is 0 Å². The molecule has 0 bridgehead atoms. The average molecular weight is 233 g/mol. The van der Waals surface area contributed by atoms with Crippen molar-refractivity contribution in [1.82, 2.24) is 0 Å². The van der Waals surface area contributed by atoms with Crippen LogP contribution in [0.3, 0.4) is 0 Å². The predicted octanol–water partition coefficient (Wildman–Crippen LogP) is 1.55. The van der Waals surface area contributed by atoms with Crippen molar-refractivity contribution in [3.63, 3.8) is 0 Å². The first-order valence-corrected chi connectivity index (χ1v) is 5.13. The molecule has 2 rings (SSSR count). The summed E-state index contributed by atoms with van der Waals surface area (Å²) in [6, 6.07) is 6.59. The van der Waals surface area contributed by atoms with E-state index in [9.17, 15) is 9.59 Å². The zero-order valence-corrected chi connectivity index (χ0v) is 9.23. The van der Waals surface area contributed by atoms with Gasteiger partial charge >= 0.3 is 5.97 Å². The van der Waals surface area contributed by atoms with Crippen LogP contribution in [0.15, 0.2) is 33.5 Å². The summed E-state index contributed by atoms with van der Waals surface area (Å²) >= 11 is 0. The normalized spacial score (nSPS) is 10.4. The first-order chi connectivity index (χ1) is 8.15. The summed E-state index contributed by atoms with van der Waals surface area (Å²) in [5.74, 6) is -0.969. The highest BCUT2D eigenvalue weighted by Crippen LogP contribution is 2.17. The van der Waals surface area contributed by atoms with Crippen LogP contribution < -0.4 is 11.2 Å². The van der Waals surface area contributed by atoms with E-state index in [1.165, 1.54) is 0 Å². The molecular weight excluding hydrogens is 222 g/mol. The van der Waals surface area contributed by atoms with Gasteiger partial charge in [-0.3, -0.25) is 4.79 Å². The van der Waals surface area contributed by atoms with Gasteiger partial charge in [0, 0.05) is 0 Å². The largest absolute Gasteiger partial charge is 0.460 e. The molecule has 0 fully saturated rings. The maximum absolute atomic E-state index is 11.9. The van der Waals surface area contributed by atoms with Crippen LogP contribution in [0.4, 0.5) is 5.69 Å². The monoisotopic (exact) mass is 233 g/mol. The van der Waals surface area contributed by atoms with Gasteiger partial charge in [-0.15, -0.1) is 0 Å². The molecule has 0 saturated heterocycles. The van der Waals surface area contributed by atoms with Crippen molar-refractivity contribution in [2.75, 3.05) is 12.3 Å². The predicted molar refractivity (Wildman–Crippen MR) is 62.9 cm³/mol. The van der Waals surface area contributed by atoms with Crippen molar-refractivity contribution in [3.8, 4) is 0 Å². The molecule has 0 unspecified atom stereocenters. The third kappa shape index (κ3) is 1.87. The van der Waals surface area contributed by atoms with Crippen molar-refractivity contribution >= 4 is 22.6 Å². The number of anilines is 1. The van der Waals surface area contributed by atoms with E-state index in [4.69, 9.17) is 14.9 Å². The number of carbonyl (C=O) groups excluding carboxylic acids is 1. The number of para-hydroxylation sites is 1. The summed E-state index contributed by atoms with van der Waals surface area (Å²) in [5, 5.41) is 0.345. The molecule has 1 aromatic heterocycles. The molecule has 88 valence electrons. The number of nitrogen functional groups attached to an aromatic ring is 1. The molecule has 2 N–H and O–H groups in total. The van der Waals surface area contributed by atoms with Crippen LogP contribution in [0.2, 0.25) is 0 Å². The fourth-order valence-electron chi connectivity index (χ4n) is 1.50. The van der Waals surface area contributed by atoms with E-state index in [1.807, 2.05) is 0 Å². The number of nitrogens with two attached hydrogens (primary N) is 1. The second-order valence-corrected chi connectivity index (χ2v) is 3.39. The zero-order valence-electron chi connectivity index (χ0n) is 9.23. The van der Waals surface area contributed by atoms with Gasteiger partial charge in [0.25, 0.3) is 0 Å². The molecule has 17 heavy (non-hydrogen) atoms. The van der Waals surface area contributed by atoms with Gasteiger partial charge in [-0.05, 0) is 19.1 Å². The number of hydrogen-bond donors (Lipinski definition) is 1. The maximum atomic E-state index is 11.9. The molecule has 0 aliphatic carbocycles. The molecule has 0 aliphatic rings. The van der Waals surface area contributed by atoms with Gasteiger partial charge in [-0.2, -0.15) is 0 Å². The van der Waals surface area contributed by atoms with Gasteiger partial charge in [0.05, 0.1) is 12.0 Å². The van der Waals surface area contributed by atoms with Crippen molar-refractivity contribution < 1.29 is 13.9 Å². The molecule has 0 radical (unpaired) electrons. The Hall–Kier alpha value is -2.30. The number of fused-ring (bicyclic) bond motifs is 1. The Bertz CT molecular complexity index is 630. The lowest BCUT2D eigenvalue weighted by atomic mass is 10.2. The van der Waals surface area contributed by atoms with E-state index >= 15 is 0 Å². The van der Waals surface area contributed by atoms with Crippen molar-refractivity contribution in [3.05, 3.63) is 40.2 Å². The average Bonchev–Trinajstić information content (AvgIpc) is 2.34. The minimum Gasteiger partial charge on any atom is -0.460 e. The van der Waals surface area contributed by atoms with E-state index in [0.717, 1.165) is 0 Å². The zero-order chi connectivity index (χ0) is 12.4. The molecule has 0 atom stereocenters. The smallest absolute Gasteiger partial charge is 0.376 e. The Balaban J connectivity index is 2.70. The lowest BCUT2D eigenvalue weighted by Crippen LogP contribution is -2.16. The van der Waals surface area contributed by atoms with Gasteiger partial charge in [0.2, 0.25) is 11.2 Å². The van der Waals surface area contributed by atoms with Gasteiger partial charge in [-0.25, -0.2) is 4.79 Å². The molecule has 1 aromatic carbocycles. The summed E-state index contributed by atoms with van der Waals surface area (Å²) in [7, 11) is 0. The summed E-state index contributed by atoms with van der Waals surface area (Å²) in [5.41, 5.74) is 5.25. The molecule has 0 amide bonds. The van der Waals surface area contributed by atoms with Gasteiger partial charge in [0.15, 0.2) is 0 Å². The fraction of sp³-hybridized carbons (Fsp3) is 0.167. The van der Waals surface area contributed by atoms with Crippen LogP contribution in [-0.2, 0) is 4.74 Å². The molecule has 5 heteroatoms. The Labute approximate surface area is 96.8 Å². The number of hydrogen-bond acceptors (Lipinski definition) is 5. The second-order valence-electron chi connectivity index (χ2n) is 3.39. The number of carbonyl (C=O) groups is 1. The minimum absolute atomic E-state index is 0.189. The summed E-state index contributed by atoms with van der Waals surface area (Å²) in [4.78, 5) is 23.4. The van der Waals surface area contributed by atoms with Crippen LogP contribution in [0, 0.1) is 0 Å². The highest BCUT2D eigenvalue weighted by Gasteiger charge is 2.18. The summed E-state index contributed by atoms with van der Waals surface area (Å²) in [6.45, 7) is 1.85. The molecule has 5 nitrogen and oxygen atoms in total. The molecular formula is C12H11NO4. The van der Waals surface area contributed by atoms with Gasteiger partial charge in [-0.1, -0.05) is 12.1 Å². The Morgan fingerprint density at radius 1 is 1.41 bits per heavy atom. The van der Waals surface area contributed by atoms with E-state index in [-0.39, 0.29) is 18.1 Å². The van der Waals surface area contributed by atoms with E-state index in [2.05, 4.69) is 0 Å². The molecule has 0 aliphatic heterocycles. The van der Waals surface area contributed by atoms with Gasteiger partial charge < -0.3 is 14.9 Å². The van der Waals surface area contributed by atoms with Crippen molar-refractivity contribution in [1.29, 1.82) is 0 Å². The van der Waals surface area contributed by atoms with Crippen LogP contribution in [0.5, 0.6) is 0 Å². The number of benzene rings is 1. The van der Waals surface area contributed by atoms with Crippen molar-refractivity contribution in [2.24, 2.45) is 0 Å². The van der Waals surface area contributed by atoms with Crippen molar-refractivity contribution in [2.45, 2.75) is 6.92 Å². The Kier molecular flexibility index (Phi) is 2.82. The second kappa shape index (κ2) is 4.29. The summed E-state index contributed by atoms with van der Waals surface area (Å²) < 4.78 is 10.0. The van der Waals surface area contributed by atoms with Crippen LogP contribution in [0.25, 0.3) is 11.0 Å². The Morgan fingerprint density at radius 3 is 2.82 bits per heavy atom.